The molecule has 1 amide bonds. The van der Waals surface area contributed by atoms with E-state index in [2.05, 4.69) is 32.2 Å². The Hall–Kier alpha value is -1.84. The lowest BCUT2D eigenvalue weighted by molar-refractivity contribution is -0.682. The van der Waals surface area contributed by atoms with Gasteiger partial charge in [-0.15, -0.1) is 0 Å². The lowest BCUT2D eigenvalue weighted by Gasteiger charge is -2.16. The van der Waals surface area contributed by atoms with Gasteiger partial charge in [0.05, 0.1) is 0 Å². The number of anilines is 1. The van der Waals surface area contributed by atoms with Crippen LogP contribution in [0.15, 0.2) is 48.5 Å². The molecule has 2 aromatic carbocycles. The van der Waals surface area contributed by atoms with Crippen molar-refractivity contribution in [2.24, 2.45) is 0 Å². The molecule has 0 fully saturated rings. The standard InChI is InChI=1S/C20H25ClN2O/c1-4-14(2)18-7-5-6-8-19(18)23-20(24)13-22-15(3)16-9-11-17(21)12-10-16/h5-12,14-15,22H,4,13H2,1-3H3,(H,23,24)/p+1/t14-,15+/m0/s1. The highest BCUT2D eigenvalue weighted by atomic mass is 35.5. The summed E-state index contributed by atoms with van der Waals surface area (Å²) in [5.74, 6) is 0.449. The van der Waals surface area contributed by atoms with Gasteiger partial charge in [-0.3, -0.25) is 4.79 Å². The molecular formula is C20H26ClN2O+. The number of hydrogen-bond donors (Lipinski definition) is 2. The van der Waals surface area contributed by atoms with Gasteiger partial charge in [0.1, 0.15) is 6.04 Å². The van der Waals surface area contributed by atoms with Crippen LogP contribution in [0.25, 0.3) is 0 Å². The van der Waals surface area contributed by atoms with E-state index in [9.17, 15) is 4.79 Å². The van der Waals surface area contributed by atoms with E-state index in [0.717, 1.165) is 22.7 Å². The van der Waals surface area contributed by atoms with Crippen molar-refractivity contribution in [3.63, 3.8) is 0 Å². The molecule has 2 atom stereocenters. The van der Waals surface area contributed by atoms with E-state index < -0.39 is 0 Å². The summed E-state index contributed by atoms with van der Waals surface area (Å²) in [6.07, 6.45) is 1.05. The third kappa shape index (κ3) is 5.08. The van der Waals surface area contributed by atoms with Gasteiger partial charge in [0.15, 0.2) is 6.54 Å². The average molecular weight is 346 g/mol. The predicted octanol–water partition coefficient (Wildman–Crippen LogP) is 4.12. The maximum absolute atomic E-state index is 12.3. The second-order valence-corrected chi connectivity index (χ2v) is 6.66. The van der Waals surface area contributed by atoms with Crippen LogP contribution in [0.2, 0.25) is 5.02 Å². The molecule has 2 rings (SSSR count). The monoisotopic (exact) mass is 345 g/mol. The Morgan fingerprint density at radius 2 is 1.79 bits per heavy atom. The molecule has 0 saturated carbocycles. The summed E-state index contributed by atoms with van der Waals surface area (Å²) in [4.78, 5) is 12.3. The number of nitrogens with two attached hydrogens (primary N) is 1. The Labute approximate surface area is 149 Å². The third-order valence-electron chi connectivity index (χ3n) is 4.43. The van der Waals surface area contributed by atoms with Gasteiger partial charge in [0, 0.05) is 16.3 Å². The van der Waals surface area contributed by atoms with E-state index in [-0.39, 0.29) is 11.9 Å². The number of rotatable bonds is 7. The highest BCUT2D eigenvalue weighted by Crippen LogP contribution is 2.26. The lowest BCUT2D eigenvalue weighted by atomic mass is 9.97. The number of para-hydroxylation sites is 1. The number of halogens is 1. The fraction of sp³-hybridized carbons (Fsp3) is 0.350. The van der Waals surface area contributed by atoms with Crippen molar-refractivity contribution in [2.45, 2.75) is 39.2 Å². The number of carbonyl (C=O) groups excluding carboxylic acids is 1. The Morgan fingerprint density at radius 1 is 1.12 bits per heavy atom. The van der Waals surface area contributed by atoms with Crippen molar-refractivity contribution >= 4 is 23.2 Å². The minimum absolute atomic E-state index is 0.0200. The molecule has 2 aromatic rings. The maximum atomic E-state index is 12.3. The summed E-state index contributed by atoms with van der Waals surface area (Å²) in [6.45, 7) is 6.81. The van der Waals surface area contributed by atoms with Crippen LogP contribution < -0.4 is 10.6 Å². The molecule has 0 aliphatic carbocycles. The van der Waals surface area contributed by atoms with Crippen LogP contribution in [-0.2, 0) is 4.79 Å². The van der Waals surface area contributed by atoms with E-state index in [1.54, 1.807) is 0 Å². The Bertz CT molecular complexity index is 670. The van der Waals surface area contributed by atoms with Crippen molar-refractivity contribution in [1.29, 1.82) is 0 Å². The molecular weight excluding hydrogens is 320 g/mol. The molecule has 4 heteroatoms. The van der Waals surface area contributed by atoms with Crippen molar-refractivity contribution in [1.82, 2.24) is 0 Å². The zero-order chi connectivity index (χ0) is 17.5. The highest BCUT2D eigenvalue weighted by Gasteiger charge is 2.14. The fourth-order valence-corrected chi connectivity index (χ4v) is 2.77. The van der Waals surface area contributed by atoms with Gasteiger partial charge in [-0.2, -0.15) is 0 Å². The number of nitrogens with one attached hydrogen (secondary N) is 1. The second kappa shape index (κ2) is 8.86. The molecule has 0 aliphatic heterocycles. The molecule has 3 N–H and O–H groups in total. The number of amides is 1. The summed E-state index contributed by atoms with van der Waals surface area (Å²) in [5, 5.41) is 5.81. The van der Waals surface area contributed by atoms with Gasteiger partial charge in [0.25, 0.3) is 5.91 Å². The SMILES string of the molecule is CC[C@H](C)c1ccccc1NC(=O)C[NH2+][C@H](C)c1ccc(Cl)cc1. The zero-order valence-electron chi connectivity index (χ0n) is 14.6. The van der Waals surface area contributed by atoms with Crippen LogP contribution >= 0.6 is 11.6 Å². The number of quaternary nitrogens is 1. The minimum Gasteiger partial charge on any atom is -0.333 e. The van der Waals surface area contributed by atoms with Gasteiger partial charge in [-0.25, -0.2) is 0 Å². The molecule has 0 heterocycles. The quantitative estimate of drug-likeness (QED) is 0.779. The van der Waals surface area contributed by atoms with Gasteiger partial charge >= 0.3 is 0 Å². The average Bonchev–Trinajstić information content (AvgIpc) is 2.60. The molecule has 0 unspecified atom stereocenters. The summed E-state index contributed by atoms with van der Waals surface area (Å²) in [5.41, 5.74) is 3.27. The van der Waals surface area contributed by atoms with E-state index in [0.29, 0.717) is 12.5 Å². The van der Waals surface area contributed by atoms with Crippen LogP contribution in [0.3, 0.4) is 0 Å². The van der Waals surface area contributed by atoms with Crippen molar-refractivity contribution in [3.8, 4) is 0 Å². The Morgan fingerprint density at radius 3 is 2.46 bits per heavy atom. The topological polar surface area (TPSA) is 45.7 Å². The summed E-state index contributed by atoms with van der Waals surface area (Å²) in [7, 11) is 0. The van der Waals surface area contributed by atoms with Crippen LogP contribution in [0.5, 0.6) is 0 Å². The Kier molecular flexibility index (Phi) is 6.83. The summed E-state index contributed by atoms with van der Waals surface area (Å²) >= 11 is 5.91. The Balaban J connectivity index is 1.93. The first kappa shape index (κ1) is 18.5. The van der Waals surface area contributed by atoms with E-state index in [1.165, 1.54) is 5.56 Å². The molecule has 0 radical (unpaired) electrons. The molecule has 0 spiro atoms. The van der Waals surface area contributed by atoms with E-state index in [1.807, 2.05) is 47.8 Å². The van der Waals surface area contributed by atoms with Crippen LogP contribution in [0.4, 0.5) is 5.69 Å². The van der Waals surface area contributed by atoms with Crippen molar-refractivity contribution in [2.75, 3.05) is 11.9 Å². The first-order chi connectivity index (χ1) is 11.5. The fourth-order valence-electron chi connectivity index (χ4n) is 2.65. The first-order valence-electron chi connectivity index (χ1n) is 8.48. The molecule has 3 nitrogen and oxygen atoms in total. The van der Waals surface area contributed by atoms with Gasteiger partial charge in [-0.1, -0.05) is 55.8 Å². The van der Waals surface area contributed by atoms with Gasteiger partial charge in [-0.05, 0) is 43.0 Å². The summed E-state index contributed by atoms with van der Waals surface area (Å²) < 4.78 is 0. The highest BCUT2D eigenvalue weighted by molar-refractivity contribution is 6.30. The normalized spacial score (nSPS) is 13.3. The van der Waals surface area contributed by atoms with Crippen LogP contribution in [0, 0.1) is 0 Å². The maximum Gasteiger partial charge on any atom is 0.279 e. The second-order valence-electron chi connectivity index (χ2n) is 6.22. The number of benzene rings is 2. The van der Waals surface area contributed by atoms with Crippen LogP contribution in [-0.4, -0.2) is 12.5 Å². The lowest BCUT2D eigenvalue weighted by Crippen LogP contribution is -2.86. The third-order valence-corrected chi connectivity index (χ3v) is 4.68. The van der Waals surface area contributed by atoms with E-state index >= 15 is 0 Å². The molecule has 0 bridgehead atoms. The van der Waals surface area contributed by atoms with Gasteiger partial charge < -0.3 is 10.6 Å². The smallest absolute Gasteiger partial charge is 0.279 e. The first-order valence-corrected chi connectivity index (χ1v) is 8.86. The molecule has 0 aromatic heterocycles. The van der Waals surface area contributed by atoms with E-state index in [4.69, 9.17) is 11.6 Å². The molecule has 128 valence electrons. The predicted molar refractivity (Wildman–Crippen MR) is 100 cm³/mol. The molecule has 0 saturated heterocycles. The number of hydrogen-bond acceptors (Lipinski definition) is 1. The van der Waals surface area contributed by atoms with Gasteiger partial charge in [0.2, 0.25) is 0 Å². The largest absolute Gasteiger partial charge is 0.333 e. The number of carbonyl (C=O) groups is 1. The minimum atomic E-state index is 0.0200. The zero-order valence-corrected chi connectivity index (χ0v) is 15.3. The molecule has 0 aliphatic rings. The van der Waals surface area contributed by atoms with Crippen molar-refractivity contribution < 1.29 is 10.1 Å². The van der Waals surface area contributed by atoms with Crippen LogP contribution in [0.1, 0.15) is 50.3 Å². The van der Waals surface area contributed by atoms with Crippen molar-refractivity contribution in [3.05, 3.63) is 64.7 Å². The molecule has 24 heavy (non-hydrogen) atoms. The summed E-state index contributed by atoms with van der Waals surface area (Å²) in [6, 6.07) is 16.0.